The van der Waals surface area contributed by atoms with Crippen molar-refractivity contribution in [3.05, 3.63) is 11.8 Å². The van der Waals surface area contributed by atoms with Gasteiger partial charge in [0.1, 0.15) is 5.76 Å². The van der Waals surface area contributed by atoms with E-state index in [-0.39, 0.29) is 11.4 Å². The van der Waals surface area contributed by atoms with E-state index in [1.54, 1.807) is 0 Å². The highest BCUT2D eigenvalue weighted by Crippen LogP contribution is 2.35. The summed E-state index contributed by atoms with van der Waals surface area (Å²) < 4.78 is 5.20. The Kier molecular flexibility index (Phi) is 3.03. The molecule has 1 aliphatic rings. The van der Waals surface area contributed by atoms with Crippen LogP contribution in [0.3, 0.4) is 0 Å². The average molecular weight is 196 g/mol. The monoisotopic (exact) mass is 196 g/mol. The molecule has 1 unspecified atom stereocenters. The molecule has 14 heavy (non-hydrogen) atoms. The Balaban J connectivity index is 2.89. The van der Waals surface area contributed by atoms with Gasteiger partial charge in [-0.3, -0.25) is 4.79 Å². The van der Waals surface area contributed by atoms with Crippen LogP contribution < -0.4 is 0 Å². The van der Waals surface area contributed by atoms with Gasteiger partial charge in [0.25, 0.3) is 0 Å². The molecular formula is C12H20O2. The summed E-state index contributed by atoms with van der Waals surface area (Å²) in [6, 6.07) is 0. The Morgan fingerprint density at radius 1 is 1.43 bits per heavy atom. The van der Waals surface area contributed by atoms with Crippen molar-refractivity contribution in [3.63, 3.8) is 0 Å². The zero-order valence-electron chi connectivity index (χ0n) is 9.76. The van der Waals surface area contributed by atoms with E-state index in [0.717, 1.165) is 5.76 Å². The fraction of sp³-hybridized carbons (Fsp3) is 0.750. The summed E-state index contributed by atoms with van der Waals surface area (Å²) in [6.45, 7) is 10.6. The van der Waals surface area contributed by atoms with Crippen molar-refractivity contribution in [2.45, 2.75) is 41.0 Å². The summed E-state index contributed by atoms with van der Waals surface area (Å²) in [6.07, 6.45) is 2.63. The molecule has 1 heterocycles. The summed E-state index contributed by atoms with van der Waals surface area (Å²) in [4.78, 5) is 11.4. The number of esters is 1. The second kappa shape index (κ2) is 3.76. The molecule has 0 fully saturated rings. The minimum absolute atomic E-state index is 0.0869. The lowest BCUT2D eigenvalue weighted by Crippen LogP contribution is -2.27. The first kappa shape index (κ1) is 11.3. The molecule has 0 bridgehead atoms. The summed E-state index contributed by atoms with van der Waals surface area (Å²) in [5.41, 5.74) is 0.138. The fourth-order valence-electron chi connectivity index (χ4n) is 1.51. The van der Waals surface area contributed by atoms with E-state index in [9.17, 15) is 4.79 Å². The lowest BCUT2D eigenvalue weighted by Gasteiger charge is -2.31. The number of hydrogen-bond donors (Lipinski definition) is 0. The molecule has 0 amide bonds. The SMILES string of the molecule is CC(C)C1=CC(C(C)(C)C)CC(=O)O1. The van der Waals surface area contributed by atoms with Gasteiger partial charge in [0, 0.05) is 5.92 Å². The molecule has 80 valence electrons. The lowest BCUT2D eigenvalue weighted by atomic mass is 9.77. The van der Waals surface area contributed by atoms with Crippen molar-refractivity contribution in [1.29, 1.82) is 0 Å². The summed E-state index contributed by atoms with van der Waals surface area (Å²) in [5, 5.41) is 0. The van der Waals surface area contributed by atoms with Crippen molar-refractivity contribution < 1.29 is 9.53 Å². The van der Waals surface area contributed by atoms with E-state index in [1.165, 1.54) is 0 Å². The molecule has 0 spiro atoms. The Morgan fingerprint density at radius 3 is 2.43 bits per heavy atom. The minimum Gasteiger partial charge on any atom is -0.431 e. The number of hydrogen-bond acceptors (Lipinski definition) is 2. The van der Waals surface area contributed by atoms with Gasteiger partial charge >= 0.3 is 5.97 Å². The van der Waals surface area contributed by atoms with Crippen molar-refractivity contribution in [2.75, 3.05) is 0 Å². The van der Waals surface area contributed by atoms with Crippen LogP contribution in [0.1, 0.15) is 41.0 Å². The van der Waals surface area contributed by atoms with Crippen LogP contribution in [-0.2, 0) is 9.53 Å². The predicted octanol–water partition coefficient (Wildman–Crippen LogP) is 3.14. The minimum atomic E-state index is -0.0869. The summed E-state index contributed by atoms with van der Waals surface area (Å²) >= 11 is 0. The van der Waals surface area contributed by atoms with Crippen molar-refractivity contribution in [2.24, 2.45) is 17.3 Å². The Bertz CT molecular complexity index is 256. The van der Waals surface area contributed by atoms with Gasteiger partial charge in [-0.15, -0.1) is 0 Å². The molecule has 0 aromatic rings. The van der Waals surface area contributed by atoms with E-state index in [2.05, 4.69) is 26.8 Å². The third-order valence-electron chi connectivity index (χ3n) is 2.67. The molecule has 1 rings (SSSR count). The van der Waals surface area contributed by atoms with Gasteiger partial charge in [-0.1, -0.05) is 34.6 Å². The third kappa shape index (κ3) is 2.60. The van der Waals surface area contributed by atoms with Crippen molar-refractivity contribution >= 4 is 5.97 Å². The van der Waals surface area contributed by atoms with Crippen LogP contribution in [0.5, 0.6) is 0 Å². The summed E-state index contributed by atoms with van der Waals surface area (Å²) in [5.74, 6) is 1.35. The van der Waals surface area contributed by atoms with Crippen LogP contribution in [-0.4, -0.2) is 5.97 Å². The molecule has 0 aromatic heterocycles. The van der Waals surface area contributed by atoms with Crippen LogP contribution in [0.2, 0.25) is 0 Å². The van der Waals surface area contributed by atoms with Crippen molar-refractivity contribution in [3.8, 4) is 0 Å². The smallest absolute Gasteiger partial charge is 0.311 e. The van der Waals surface area contributed by atoms with Gasteiger partial charge in [0.2, 0.25) is 0 Å². The van der Waals surface area contributed by atoms with Crippen LogP contribution >= 0.6 is 0 Å². The Hall–Kier alpha value is -0.790. The zero-order valence-corrected chi connectivity index (χ0v) is 9.76. The molecule has 0 aliphatic carbocycles. The molecule has 0 saturated heterocycles. The topological polar surface area (TPSA) is 26.3 Å². The Morgan fingerprint density at radius 2 is 2.00 bits per heavy atom. The highest BCUT2D eigenvalue weighted by atomic mass is 16.5. The standard InChI is InChI=1S/C12H20O2/c1-8(2)10-6-9(12(3,4)5)7-11(13)14-10/h6,8-9H,7H2,1-5H3. The van der Waals surface area contributed by atoms with Gasteiger partial charge < -0.3 is 4.74 Å². The third-order valence-corrected chi connectivity index (χ3v) is 2.67. The quantitative estimate of drug-likeness (QED) is 0.602. The van der Waals surface area contributed by atoms with E-state index in [4.69, 9.17) is 4.74 Å². The van der Waals surface area contributed by atoms with Gasteiger partial charge in [-0.25, -0.2) is 0 Å². The molecule has 2 heteroatoms. The number of cyclic esters (lactones) is 1. The maximum atomic E-state index is 11.4. The number of ether oxygens (including phenoxy) is 1. The number of carbonyl (C=O) groups is 1. The Labute approximate surface area is 86.3 Å². The van der Waals surface area contributed by atoms with E-state index < -0.39 is 0 Å². The zero-order chi connectivity index (χ0) is 10.9. The highest BCUT2D eigenvalue weighted by molar-refractivity contribution is 5.72. The maximum Gasteiger partial charge on any atom is 0.311 e. The molecule has 1 aliphatic heterocycles. The van der Waals surface area contributed by atoms with Crippen LogP contribution in [0.15, 0.2) is 11.8 Å². The second-order valence-electron chi connectivity index (χ2n) is 5.37. The van der Waals surface area contributed by atoms with Gasteiger partial charge in [-0.2, -0.15) is 0 Å². The molecule has 0 aromatic carbocycles. The summed E-state index contributed by atoms with van der Waals surface area (Å²) in [7, 11) is 0. The lowest BCUT2D eigenvalue weighted by molar-refractivity contribution is -0.143. The first-order chi connectivity index (χ1) is 6.30. The first-order valence-electron chi connectivity index (χ1n) is 5.23. The second-order valence-corrected chi connectivity index (χ2v) is 5.37. The van der Waals surface area contributed by atoms with Crippen molar-refractivity contribution in [1.82, 2.24) is 0 Å². The molecule has 2 nitrogen and oxygen atoms in total. The molecule has 0 radical (unpaired) electrons. The van der Waals surface area contributed by atoms with E-state index >= 15 is 0 Å². The molecular weight excluding hydrogens is 176 g/mol. The molecule has 0 saturated carbocycles. The average Bonchev–Trinajstić information content (AvgIpc) is 2.01. The largest absolute Gasteiger partial charge is 0.431 e. The number of allylic oxidation sites excluding steroid dienone is 2. The van der Waals surface area contributed by atoms with E-state index in [1.807, 2.05) is 13.8 Å². The van der Waals surface area contributed by atoms with Gasteiger partial charge in [0.05, 0.1) is 6.42 Å². The number of rotatable bonds is 1. The van der Waals surface area contributed by atoms with E-state index in [0.29, 0.717) is 18.3 Å². The van der Waals surface area contributed by atoms with Gasteiger partial charge in [0.15, 0.2) is 0 Å². The fourth-order valence-corrected chi connectivity index (χ4v) is 1.51. The molecule has 0 N–H and O–H groups in total. The number of carbonyl (C=O) groups excluding carboxylic acids is 1. The van der Waals surface area contributed by atoms with Crippen LogP contribution in [0.25, 0.3) is 0 Å². The predicted molar refractivity (Wildman–Crippen MR) is 56.6 cm³/mol. The first-order valence-corrected chi connectivity index (χ1v) is 5.23. The van der Waals surface area contributed by atoms with Crippen LogP contribution in [0.4, 0.5) is 0 Å². The van der Waals surface area contributed by atoms with Crippen LogP contribution in [0, 0.1) is 17.3 Å². The van der Waals surface area contributed by atoms with Gasteiger partial charge in [-0.05, 0) is 17.4 Å². The molecule has 1 atom stereocenters. The highest BCUT2D eigenvalue weighted by Gasteiger charge is 2.31. The maximum absolute atomic E-state index is 11.4. The normalized spacial score (nSPS) is 23.4.